The summed E-state index contributed by atoms with van der Waals surface area (Å²) in [5, 5.41) is 13.5. The minimum absolute atomic E-state index is 0.130. The van der Waals surface area contributed by atoms with Gasteiger partial charge in [0, 0.05) is 22.9 Å². The monoisotopic (exact) mass is 337 g/mol. The second kappa shape index (κ2) is 7.80. The number of hydrogen-bond donors (Lipinski definition) is 2. The van der Waals surface area contributed by atoms with Crippen molar-refractivity contribution in [3.8, 4) is 5.75 Å². The zero-order valence-corrected chi connectivity index (χ0v) is 13.2. The third-order valence-electron chi connectivity index (χ3n) is 3.23. The predicted octanol–water partition coefficient (Wildman–Crippen LogP) is 2.09. The number of fused-ring (bicyclic) bond motifs is 1. The van der Waals surface area contributed by atoms with E-state index in [4.69, 9.17) is 26.2 Å². The number of carbonyl (C=O) groups is 2. The van der Waals surface area contributed by atoms with E-state index in [1.54, 1.807) is 12.1 Å². The van der Waals surface area contributed by atoms with Gasteiger partial charge in [-0.2, -0.15) is 0 Å². The maximum atomic E-state index is 11.8. The summed E-state index contributed by atoms with van der Waals surface area (Å²) in [5.41, 5.74) is 0. The summed E-state index contributed by atoms with van der Waals surface area (Å²) >= 11 is 6.12. The van der Waals surface area contributed by atoms with Gasteiger partial charge in [0.05, 0.1) is 6.54 Å². The van der Waals surface area contributed by atoms with Gasteiger partial charge < -0.3 is 19.9 Å². The van der Waals surface area contributed by atoms with Crippen LogP contribution in [0, 0.1) is 0 Å². The molecule has 0 spiro atoms. The van der Waals surface area contributed by atoms with Gasteiger partial charge in [0.2, 0.25) is 0 Å². The Bertz CT molecular complexity index is 719. The Balaban J connectivity index is 1.97. The first-order chi connectivity index (χ1) is 11.0. The second-order valence-electron chi connectivity index (χ2n) is 4.75. The average Bonchev–Trinajstić information content (AvgIpc) is 2.55. The molecule has 23 heavy (non-hydrogen) atoms. The van der Waals surface area contributed by atoms with E-state index in [9.17, 15) is 9.59 Å². The van der Waals surface area contributed by atoms with Gasteiger partial charge in [0.1, 0.15) is 5.75 Å². The van der Waals surface area contributed by atoms with Crippen LogP contribution in [0.5, 0.6) is 5.75 Å². The van der Waals surface area contributed by atoms with Crippen molar-refractivity contribution in [2.75, 3.05) is 20.3 Å². The first-order valence-electron chi connectivity index (χ1n) is 6.85. The zero-order valence-electron chi connectivity index (χ0n) is 12.4. The van der Waals surface area contributed by atoms with Crippen LogP contribution >= 0.6 is 11.6 Å². The summed E-state index contributed by atoms with van der Waals surface area (Å²) in [5.74, 6) is -1.05. The lowest BCUT2D eigenvalue weighted by Gasteiger charge is -2.13. The topological polar surface area (TPSA) is 84.9 Å². The lowest BCUT2D eigenvalue weighted by Crippen LogP contribution is -2.39. The van der Waals surface area contributed by atoms with Crippen LogP contribution in [0.15, 0.2) is 36.4 Å². The maximum Gasteiger partial charge on any atom is 0.334 e. The fourth-order valence-electron chi connectivity index (χ4n) is 2.03. The molecule has 0 aliphatic carbocycles. The quantitative estimate of drug-likeness (QED) is 0.808. The summed E-state index contributed by atoms with van der Waals surface area (Å²) in [6.45, 7) is -0.364. The molecule has 2 N–H and O–H groups in total. The molecule has 0 aliphatic rings. The Labute approximate surface area is 138 Å². The molecule has 1 amide bonds. The molecule has 0 aromatic heterocycles. The minimum atomic E-state index is -1.14. The van der Waals surface area contributed by atoms with Crippen LogP contribution in [0.4, 0.5) is 0 Å². The van der Waals surface area contributed by atoms with E-state index >= 15 is 0 Å². The molecule has 1 unspecified atom stereocenters. The smallest absolute Gasteiger partial charge is 0.334 e. The average molecular weight is 338 g/mol. The fourth-order valence-corrected chi connectivity index (χ4v) is 2.26. The number of methoxy groups -OCH3 is 1. The van der Waals surface area contributed by atoms with Gasteiger partial charge >= 0.3 is 5.97 Å². The molecule has 0 heterocycles. The van der Waals surface area contributed by atoms with Gasteiger partial charge in [-0.25, -0.2) is 4.79 Å². The first kappa shape index (κ1) is 17.1. The van der Waals surface area contributed by atoms with Crippen LogP contribution in [0.2, 0.25) is 5.02 Å². The van der Waals surface area contributed by atoms with Gasteiger partial charge in [-0.05, 0) is 12.1 Å². The highest BCUT2D eigenvalue weighted by atomic mass is 35.5. The molecule has 0 fully saturated rings. The van der Waals surface area contributed by atoms with Gasteiger partial charge in [0.25, 0.3) is 5.91 Å². The van der Waals surface area contributed by atoms with E-state index in [2.05, 4.69) is 5.32 Å². The number of carboxylic acids is 1. The number of rotatable bonds is 7. The van der Waals surface area contributed by atoms with Gasteiger partial charge in [-0.15, -0.1) is 0 Å². The fraction of sp³-hybridized carbons (Fsp3) is 0.250. The highest BCUT2D eigenvalue weighted by molar-refractivity contribution is 6.35. The Morgan fingerprint density at radius 2 is 1.91 bits per heavy atom. The predicted molar refractivity (Wildman–Crippen MR) is 85.9 cm³/mol. The number of amides is 1. The van der Waals surface area contributed by atoms with Crippen molar-refractivity contribution in [3.05, 3.63) is 41.4 Å². The Morgan fingerprint density at radius 3 is 2.57 bits per heavy atom. The summed E-state index contributed by atoms with van der Waals surface area (Å²) < 4.78 is 10.2. The number of carbonyl (C=O) groups excluding carboxylic acids is 1. The molecule has 0 radical (unpaired) electrons. The summed E-state index contributed by atoms with van der Waals surface area (Å²) in [6, 6.07) is 10.8. The van der Waals surface area contributed by atoms with Crippen molar-refractivity contribution < 1.29 is 24.2 Å². The van der Waals surface area contributed by atoms with E-state index in [1.807, 2.05) is 24.3 Å². The van der Waals surface area contributed by atoms with Crippen molar-refractivity contribution in [1.82, 2.24) is 5.32 Å². The van der Waals surface area contributed by atoms with E-state index in [-0.39, 0.29) is 13.2 Å². The molecular weight excluding hydrogens is 322 g/mol. The molecule has 6 nitrogen and oxygen atoms in total. The van der Waals surface area contributed by atoms with Crippen molar-refractivity contribution in [1.29, 1.82) is 0 Å². The third kappa shape index (κ3) is 4.34. The van der Waals surface area contributed by atoms with Gasteiger partial charge in [-0.1, -0.05) is 35.9 Å². The van der Waals surface area contributed by atoms with Crippen LogP contribution in [-0.4, -0.2) is 43.3 Å². The van der Waals surface area contributed by atoms with E-state index in [0.29, 0.717) is 10.8 Å². The molecule has 0 aliphatic heterocycles. The van der Waals surface area contributed by atoms with Gasteiger partial charge in [0.15, 0.2) is 12.7 Å². The number of nitrogens with one attached hydrogen (secondary N) is 1. The number of aliphatic carboxylic acids is 1. The minimum Gasteiger partial charge on any atom is -0.483 e. The molecule has 2 aromatic carbocycles. The Hall–Kier alpha value is -2.31. The molecule has 0 saturated heterocycles. The van der Waals surface area contributed by atoms with Crippen LogP contribution in [0.1, 0.15) is 0 Å². The van der Waals surface area contributed by atoms with Crippen molar-refractivity contribution in [2.45, 2.75) is 6.10 Å². The molecule has 2 rings (SSSR count). The number of ether oxygens (including phenoxy) is 2. The lowest BCUT2D eigenvalue weighted by atomic mass is 10.1. The van der Waals surface area contributed by atoms with E-state index in [1.165, 1.54) is 7.11 Å². The molecule has 0 bridgehead atoms. The highest BCUT2D eigenvalue weighted by Crippen LogP contribution is 2.31. The molecule has 2 aromatic rings. The summed E-state index contributed by atoms with van der Waals surface area (Å²) in [6.07, 6.45) is -1.09. The largest absolute Gasteiger partial charge is 0.483 e. The Morgan fingerprint density at radius 1 is 1.22 bits per heavy atom. The molecule has 0 saturated carbocycles. The molecule has 122 valence electrons. The van der Waals surface area contributed by atoms with E-state index in [0.717, 1.165) is 10.8 Å². The number of carboxylic acid groups (broad SMARTS) is 1. The van der Waals surface area contributed by atoms with Crippen molar-refractivity contribution in [2.24, 2.45) is 0 Å². The van der Waals surface area contributed by atoms with Crippen LogP contribution in [-0.2, 0) is 14.3 Å². The number of benzene rings is 2. The van der Waals surface area contributed by atoms with Crippen LogP contribution in [0.25, 0.3) is 10.8 Å². The zero-order chi connectivity index (χ0) is 16.8. The SMILES string of the molecule is COC(CNC(=O)COc1ccc(Cl)c2ccccc12)C(=O)O. The van der Waals surface area contributed by atoms with Gasteiger partial charge in [-0.3, -0.25) is 4.79 Å². The summed E-state index contributed by atoms with van der Waals surface area (Å²) in [4.78, 5) is 22.5. The van der Waals surface area contributed by atoms with E-state index < -0.39 is 18.0 Å². The van der Waals surface area contributed by atoms with Crippen molar-refractivity contribution >= 4 is 34.2 Å². The standard InChI is InChI=1S/C16H16ClNO5/c1-22-14(16(20)21)8-18-15(19)9-23-13-7-6-12(17)10-4-2-3-5-11(10)13/h2-7,14H,8-9H2,1H3,(H,18,19)(H,20,21). The number of halogens is 1. The maximum absolute atomic E-state index is 11.8. The third-order valence-corrected chi connectivity index (χ3v) is 3.56. The second-order valence-corrected chi connectivity index (χ2v) is 5.15. The molecule has 7 heteroatoms. The number of hydrogen-bond acceptors (Lipinski definition) is 4. The summed E-state index contributed by atoms with van der Waals surface area (Å²) in [7, 11) is 1.27. The molecular formula is C16H16ClNO5. The van der Waals surface area contributed by atoms with Crippen LogP contribution in [0.3, 0.4) is 0 Å². The highest BCUT2D eigenvalue weighted by Gasteiger charge is 2.17. The first-order valence-corrected chi connectivity index (χ1v) is 7.23. The normalized spacial score (nSPS) is 11.9. The lowest BCUT2D eigenvalue weighted by molar-refractivity contribution is -0.148. The van der Waals surface area contributed by atoms with Crippen molar-refractivity contribution in [3.63, 3.8) is 0 Å². The van der Waals surface area contributed by atoms with Crippen LogP contribution < -0.4 is 10.1 Å². The molecule has 1 atom stereocenters. The Kier molecular flexibility index (Phi) is 5.78.